The zero-order chi connectivity index (χ0) is 17.9. The second kappa shape index (κ2) is 7.43. The second-order valence-corrected chi connectivity index (χ2v) is 7.32. The number of anilines is 1. The minimum absolute atomic E-state index is 0.0833. The van der Waals surface area contributed by atoms with Gasteiger partial charge in [0.25, 0.3) is 5.91 Å². The number of carbonyl (C=O) groups is 1. The quantitative estimate of drug-likeness (QED) is 0.710. The van der Waals surface area contributed by atoms with Gasteiger partial charge in [-0.1, -0.05) is 41.6 Å². The topological polar surface area (TPSA) is 56.1 Å². The van der Waals surface area contributed by atoms with Crippen LogP contribution in [-0.2, 0) is 11.3 Å². The molecule has 0 bridgehead atoms. The molecule has 1 amide bonds. The number of imidazole rings is 1. The maximum Gasteiger partial charge on any atom is 0.262 e. The number of hydrogen-bond donors (Lipinski definition) is 1. The van der Waals surface area contributed by atoms with Gasteiger partial charge in [-0.15, -0.1) is 0 Å². The number of nitrogens with zero attached hydrogens (tertiary/aromatic N) is 2. The van der Waals surface area contributed by atoms with E-state index in [-0.39, 0.29) is 12.5 Å². The largest absolute Gasteiger partial charge is 0.484 e. The number of rotatable bonds is 5. The molecule has 5 nitrogen and oxygen atoms in total. The van der Waals surface area contributed by atoms with E-state index in [1.165, 1.54) is 0 Å². The fraction of sp³-hybridized carbons (Fsp3) is 0.158. The number of halogens is 1. The first kappa shape index (κ1) is 17.0. The van der Waals surface area contributed by atoms with Crippen LogP contribution in [0.4, 0.5) is 5.69 Å². The molecule has 2 aromatic carbocycles. The molecule has 1 aliphatic rings. The van der Waals surface area contributed by atoms with Crippen molar-refractivity contribution < 1.29 is 9.53 Å². The Kier molecular flexibility index (Phi) is 4.86. The van der Waals surface area contributed by atoms with E-state index in [1.807, 2.05) is 24.3 Å². The van der Waals surface area contributed by atoms with E-state index in [0.717, 1.165) is 28.7 Å². The number of aromatic nitrogens is 2. The van der Waals surface area contributed by atoms with Gasteiger partial charge in [0.15, 0.2) is 11.8 Å². The van der Waals surface area contributed by atoms with Crippen LogP contribution in [0.15, 0.2) is 59.9 Å². The zero-order valence-corrected chi connectivity index (χ0v) is 15.4. The summed E-state index contributed by atoms with van der Waals surface area (Å²) in [5, 5.41) is 4.47. The summed E-state index contributed by atoms with van der Waals surface area (Å²) < 4.78 is 7.62. The second-order valence-electron chi connectivity index (χ2n) is 5.83. The highest BCUT2D eigenvalue weighted by Crippen LogP contribution is 2.29. The maximum atomic E-state index is 12.1. The van der Waals surface area contributed by atoms with Gasteiger partial charge in [-0.2, -0.15) is 0 Å². The van der Waals surface area contributed by atoms with Crippen LogP contribution in [0, 0.1) is 0 Å². The third kappa shape index (κ3) is 3.86. The third-order valence-electron chi connectivity index (χ3n) is 3.91. The lowest BCUT2D eigenvalue weighted by molar-refractivity contribution is -0.118. The monoisotopic (exact) mass is 385 g/mol. The number of ether oxygens (including phenoxy) is 1. The molecule has 0 saturated heterocycles. The fourth-order valence-corrected chi connectivity index (χ4v) is 3.83. The molecular weight excluding hydrogens is 370 g/mol. The van der Waals surface area contributed by atoms with Gasteiger partial charge in [0, 0.05) is 34.8 Å². The first-order chi connectivity index (χ1) is 12.7. The lowest BCUT2D eigenvalue weighted by Gasteiger charge is -2.08. The van der Waals surface area contributed by atoms with Crippen LogP contribution >= 0.6 is 23.4 Å². The van der Waals surface area contributed by atoms with Crippen LogP contribution < -0.4 is 10.1 Å². The molecule has 2 heterocycles. The summed E-state index contributed by atoms with van der Waals surface area (Å²) in [5.41, 5.74) is 2.60. The van der Waals surface area contributed by atoms with Gasteiger partial charge < -0.3 is 14.6 Å². The summed E-state index contributed by atoms with van der Waals surface area (Å²) >= 11 is 7.66. The predicted octanol–water partition coefficient (Wildman–Crippen LogP) is 4.33. The van der Waals surface area contributed by atoms with Crippen molar-refractivity contribution in [2.24, 2.45) is 0 Å². The summed E-state index contributed by atoms with van der Waals surface area (Å²) in [7, 11) is 0. The molecular formula is C19H16ClN3O2S. The Bertz CT molecular complexity index is 936. The van der Waals surface area contributed by atoms with Crippen LogP contribution in [0.25, 0.3) is 11.3 Å². The van der Waals surface area contributed by atoms with Crippen LogP contribution in [-0.4, -0.2) is 27.8 Å². The predicted molar refractivity (Wildman–Crippen MR) is 104 cm³/mol. The number of nitrogens with one attached hydrogen (secondary N) is 1. The number of aryl methyl sites for hydroxylation is 1. The van der Waals surface area contributed by atoms with Crippen molar-refractivity contribution >= 4 is 35.0 Å². The van der Waals surface area contributed by atoms with E-state index >= 15 is 0 Å². The standard InChI is InChI=1S/C19H16ClN3O2S/c20-14-4-2-6-16(10-14)25-12-18(24)21-15-5-1-3-13(9-15)17-11-23-7-8-26-19(23)22-17/h1-6,9-11H,7-8,12H2,(H,21,24). The molecule has 0 saturated carbocycles. The number of hydrogen-bond acceptors (Lipinski definition) is 4. The first-order valence-electron chi connectivity index (χ1n) is 8.16. The minimum Gasteiger partial charge on any atom is -0.484 e. The van der Waals surface area contributed by atoms with E-state index in [1.54, 1.807) is 36.0 Å². The van der Waals surface area contributed by atoms with Crippen molar-refractivity contribution in [3.63, 3.8) is 0 Å². The summed E-state index contributed by atoms with van der Waals surface area (Å²) in [5.74, 6) is 1.40. The molecule has 0 spiro atoms. The average Bonchev–Trinajstić information content (AvgIpc) is 3.22. The van der Waals surface area contributed by atoms with Gasteiger partial charge in [-0.3, -0.25) is 4.79 Å². The van der Waals surface area contributed by atoms with E-state index in [0.29, 0.717) is 16.5 Å². The van der Waals surface area contributed by atoms with Crippen LogP contribution in [0.3, 0.4) is 0 Å². The zero-order valence-electron chi connectivity index (χ0n) is 13.8. The van der Waals surface area contributed by atoms with Gasteiger partial charge in [0.1, 0.15) is 5.75 Å². The van der Waals surface area contributed by atoms with Crippen LogP contribution in [0.1, 0.15) is 0 Å². The van der Waals surface area contributed by atoms with Crippen molar-refractivity contribution in [3.8, 4) is 17.0 Å². The SMILES string of the molecule is O=C(COc1cccc(Cl)c1)Nc1cccc(-c2cn3c(n2)SCC3)c1. The van der Waals surface area contributed by atoms with Crippen molar-refractivity contribution in [2.45, 2.75) is 11.7 Å². The summed E-state index contributed by atoms with van der Waals surface area (Å²) in [6.07, 6.45) is 2.05. The highest BCUT2D eigenvalue weighted by Gasteiger charge is 2.15. The van der Waals surface area contributed by atoms with E-state index < -0.39 is 0 Å². The molecule has 0 atom stereocenters. The minimum atomic E-state index is -0.231. The fourth-order valence-electron chi connectivity index (χ4n) is 2.71. The van der Waals surface area contributed by atoms with E-state index in [4.69, 9.17) is 16.3 Å². The van der Waals surface area contributed by atoms with Gasteiger partial charge >= 0.3 is 0 Å². The molecule has 132 valence electrons. The number of fused-ring (bicyclic) bond motifs is 1. The Morgan fingerprint density at radius 3 is 3.00 bits per heavy atom. The highest BCUT2D eigenvalue weighted by atomic mass is 35.5. The van der Waals surface area contributed by atoms with Crippen LogP contribution in [0.5, 0.6) is 5.75 Å². The van der Waals surface area contributed by atoms with Gasteiger partial charge in [0.05, 0.1) is 5.69 Å². The normalized spacial score (nSPS) is 12.7. The van der Waals surface area contributed by atoms with E-state index in [2.05, 4.69) is 21.1 Å². The number of thioether (sulfide) groups is 1. The molecule has 26 heavy (non-hydrogen) atoms. The van der Waals surface area contributed by atoms with Crippen molar-refractivity contribution in [1.29, 1.82) is 0 Å². The molecule has 1 aromatic heterocycles. The van der Waals surface area contributed by atoms with Gasteiger partial charge in [-0.05, 0) is 30.3 Å². The molecule has 7 heteroatoms. The summed E-state index contributed by atoms with van der Waals surface area (Å²) in [4.78, 5) is 16.8. The number of amides is 1. The van der Waals surface area contributed by atoms with E-state index in [9.17, 15) is 4.79 Å². The summed E-state index contributed by atoms with van der Waals surface area (Å²) in [6, 6.07) is 14.6. The molecule has 0 unspecified atom stereocenters. The van der Waals surface area contributed by atoms with Gasteiger partial charge in [-0.25, -0.2) is 4.98 Å². The Labute approximate surface area is 160 Å². The Morgan fingerprint density at radius 1 is 1.27 bits per heavy atom. The number of benzene rings is 2. The van der Waals surface area contributed by atoms with Crippen LogP contribution in [0.2, 0.25) is 5.02 Å². The molecule has 1 N–H and O–H groups in total. The maximum absolute atomic E-state index is 12.1. The Balaban J connectivity index is 1.40. The third-order valence-corrected chi connectivity index (χ3v) is 5.12. The molecule has 0 aliphatic carbocycles. The van der Waals surface area contributed by atoms with Crippen molar-refractivity contribution in [2.75, 3.05) is 17.7 Å². The highest BCUT2D eigenvalue weighted by molar-refractivity contribution is 7.99. The Morgan fingerprint density at radius 2 is 2.15 bits per heavy atom. The number of carbonyl (C=O) groups excluding carboxylic acids is 1. The molecule has 0 radical (unpaired) electrons. The smallest absolute Gasteiger partial charge is 0.262 e. The lowest BCUT2D eigenvalue weighted by Crippen LogP contribution is -2.20. The van der Waals surface area contributed by atoms with Crippen molar-refractivity contribution in [1.82, 2.24) is 9.55 Å². The lowest BCUT2D eigenvalue weighted by atomic mass is 10.1. The Hall–Kier alpha value is -2.44. The average molecular weight is 386 g/mol. The molecule has 0 fully saturated rings. The van der Waals surface area contributed by atoms with Crippen molar-refractivity contribution in [3.05, 3.63) is 59.8 Å². The molecule has 4 rings (SSSR count). The van der Waals surface area contributed by atoms with Gasteiger partial charge in [0.2, 0.25) is 0 Å². The summed E-state index contributed by atoms with van der Waals surface area (Å²) in [6.45, 7) is 0.907. The first-order valence-corrected chi connectivity index (χ1v) is 9.52. The molecule has 1 aliphatic heterocycles. The molecule has 3 aromatic rings.